The van der Waals surface area contributed by atoms with Crippen molar-refractivity contribution in [1.82, 2.24) is 0 Å². The SMILES string of the molecule is CCC(C)(OC(C)OC)c1ccc(N)cc1. The minimum Gasteiger partial charge on any atom is -0.399 e. The van der Waals surface area contributed by atoms with Gasteiger partial charge in [-0.05, 0) is 38.0 Å². The highest BCUT2D eigenvalue weighted by molar-refractivity contribution is 5.40. The van der Waals surface area contributed by atoms with Crippen LogP contribution in [-0.4, -0.2) is 13.4 Å². The monoisotopic (exact) mass is 223 g/mol. The number of ether oxygens (including phenoxy) is 2. The van der Waals surface area contributed by atoms with Gasteiger partial charge in [-0.15, -0.1) is 0 Å². The molecule has 2 unspecified atom stereocenters. The van der Waals surface area contributed by atoms with Crippen molar-refractivity contribution in [2.24, 2.45) is 0 Å². The molecule has 3 nitrogen and oxygen atoms in total. The van der Waals surface area contributed by atoms with E-state index in [0.29, 0.717) is 0 Å². The van der Waals surface area contributed by atoms with E-state index >= 15 is 0 Å². The quantitative estimate of drug-likeness (QED) is 0.616. The molecule has 2 atom stereocenters. The van der Waals surface area contributed by atoms with Crippen molar-refractivity contribution in [1.29, 1.82) is 0 Å². The van der Waals surface area contributed by atoms with Crippen LogP contribution in [0.1, 0.15) is 32.8 Å². The number of hydrogen-bond donors (Lipinski definition) is 1. The van der Waals surface area contributed by atoms with E-state index in [9.17, 15) is 0 Å². The van der Waals surface area contributed by atoms with E-state index in [2.05, 4.69) is 13.8 Å². The van der Waals surface area contributed by atoms with Crippen LogP contribution < -0.4 is 5.73 Å². The lowest BCUT2D eigenvalue weighted by Crippen LogP contribution is -2.30. The van der Waals surface area contributed by atoms with Crippen LogP contribution in [0.5, 0.6) is 0 Å². The number of rotatable bonds is 5. The maximum Gasteiger partial charge on any atom is 0.155 e. The van der Waals surface area contributed by atoms with Crippen LogP contribution in [0.3, 0.4) is 0 Å². The number of benzene rings is 1. The Kier molecular flexibility index (Phi) is 4.33. The highest BCUT2D eigenvalue weighted by atomic mass is 16.7. The van der Waals surface area contributed by atoms with Crippen LogP contribution in [0.25, 0.3) is 0 Å². The minimum atomic E-state index is -0.330. The van der Waals surface area contributed by atoms with E-state index < -0.39 is 0 Å². The van der Waals surface area contributed by atoms with Gasteiger partial charge in [0.2, 0.25) is 0 Å². The molecular weight excluding hydrogens is 202 g/mol. The second-order valence-corrected chi connectivity index (χ2v) is 4.13. The van der Waals surface area contributed by atoms with Crippen molar-refractivity contribution in [3.63, 3.8) is 0 Å². The Balaban J connectivity index is 2.90. The third-order valence-corrected chi connectivity index (χ3v) is 2.95. The van der Waals surface area contributed by atoms with Crippen LogP contribution in [0, 0.1) is 0 Å². The molecule has 3 heteroatoms. The summed E-state index contributed by atoms with van der Waals surface area (Å²) in [4.78, 5) is 0. The summed E-state index contributed by atoms with van der Waals surface area (Å²) in [6, 6.07) is 7.79. The summed E-state index contributed by atoms with van der Waals surface area (Å²) in [6.07, 6.45) is 0.660. The molecule has 2 N–H and O–H groups in total. The van der Waals surface area contributed by atoms with Crippen molar-refractivity contribution < 1.29 is 9.47 Å². The molecule has 0 radical (unpaired) electrons. The Labute approximate surface area is 97.6 Å². The highest BCUT2D eigenvalue weighted by Crippen LogP contribution is 2.30. The Bertz CT molecular complexity index is 323. The molecule has 0 aliphatic rings. The summed E-state index contributed by atoms with van der Waals surface area (Å²) < 4.78 is 11.0. The van der Waals surface area contributed by atoms with Crippen LogP contribution in [0.4, 0.5) is 5.69 Å². The fraction of sp³-hybridized carbons (Fsp3) is 0.538. The predicted molar refractivity (Wildman–Crippen MR) is 66.1 cm³/mol. The largest absolute Gasteiger partial charge is 0.399 e. The van der Waals surface area contributed by atoms with E-state index in [4.69, 9.17) is 15.2 Å². The van der Waals surface area contributed by atoms with Gasteiger partial charge in [-0.1, -0.05) is 19.1 Å². The fourth-order valence-corrected chi connectivity index (χ4v) is 1.61. The molecule has 0 spiro atoms. The first kappa shape index (κ1) is 13.0. The van der Waals surface area contributed by atoms with Gasteiger partial charge in [0, 0.05) is 12.8 Å². The number of methoxy groups -OCH3 is 1. The summed E-state index contributed by atoms with van der Waals surface area (Å²) >= 11 is 0. The molecule has 1 aromatic carbocycles. The molecule has 0 amide bonds. The molecule has 0 saturated heterocycles. The van der Waals surface area contributed by atoms with Crippen molar-refractivity contribution in [2.45, 2.75) is 39.1 Å². The first-order chi connectivity index (χ1) is 7.51. The molecule has 16 heavy (non-hydrogen) atoms. The van der Waals surface area contributed by atoms with Gasteiger partial charge in [0.25, 0.3) is 0 Å². The molecule has 0 fully saturated rings. The highest BCUT2D eigenvalue weighted by Gasteiger charge is 2.27. The molecular formula is C13H21NO2. The van der Waals surface area contributed by atoms with Crippen molar-refractivity contribution in [3.05, 3.63) is 29.8 Å². The van der Waals surface area contributed by atoms with Gasteiger partial charge in [0.05, 0.1) is 5.60 Å². The molecule has 0 bridgehead atoms. The lowest BCUT2D eigenvalue weighted by molar-refractivity contribution is -0.190. The normalized spacial score (nSPS) is 16.8. The van der Waals surface area contributed by atoms with Crippen molar-refractivity contribution in [3.8, 4) is 0 Å². The summed E-state index contributed by atoms with van der Waals surface area (Å²) in [7, 11) is 1.64. The third-order valence-electron chi connectivity index (χ3n) is 2.95. The first-order valence-corrected chi connectivity index (χ1v) is 5.58. The number of nitrogen functional groups attached to an aromatic ring is 1. The summed E-state index contributed by atoms with van der Waals surface area (Å²) in [5, 5.41) is 0. The summed E-state index contributed by atoms with van der Waals surface area (Å²) in [5.74, 6) is 0. The molecule has 0 aromatic heterocycles. The van der Waals surface area contributed by atoms with Gasteiger partial charge < -0.3 is 15.2 Å². The molecule has 0 saturated carbocycles. The third kappa shape index (κ3) is 2.97. The van der Waals surface area contributed by atoms with Crippen LogP contribution in [-0.2, 0) is 15.1 Å². The predicted octanol–water partition coefficient (Wildman–Crippen LogP) is 2.90. The Morgan fingerprint density at radius 1 is 1.31 bits per heavy atom. The number of nitrogens with two attached hydrogens (primary N) is 1. The summed E-state index contributed by atoms with van der Waals surface area (Å²) in [5.41, 5.74) is 7.23. The lowest BCUT2D eigenvalue weighted by Gasteiger charge is -2.32. The standard InChI is InChI=1S/C13H21NO2/c1-5-13(3,16-10(2)15-4)11-6-8-12(14)9-7-11/h6-10H,5,14H2,1-4H3. The van der Waals surface area contributed by atoms with Crippen LogP contribution in [0.2, 0.25) is 0 Å². The zero-order valence-corrected chi connectivity index (χ0v) is 10.5. The Morgan fingerprint density at radius 3 is 2.31 bits per heavy atom. The Hall–Kier alpha value is -1.06. The van der Waals surface area contributed by atoms with Gasteiger partial charge in [-0.3, -0.25) is 0 Å². The molecule has 1 aromatic rings. The molecule has 1 rings (SSSR count). The van der Waals surface area contributed by atoms with E-state index in [1.54, 1.807) is 7.11 Å². The molecule has 90 valence electrons. The van der Waals surface area contributed by atoms with Gasteiger partial charge >= 0.3 is 0 Å². The van der Waals surface area contributed by atoms with Gasteiger partial charge in [0.15, 0.2) is 6.29 Å². The average molecular weight is 223 g/mol. The zero-order valence-electron chi connectivity index (χ0n) is 10.5. The van der Waals surface area contributed by atoms with Gasteiger partial charge in [-0.25, -0.2) is 0 Å². The smallest absolute Gasteiger partial charge is 0.155 e. The van der Waals surface area contributed by atoms with Crippen molar-refractivity contribution >= 4 is 5.69 Å². The molecule has 0 heterocycles. The van der Waals surface area contributed by atoms with Gasteiger partial charge in [-0.2, -0.15) is 0 Å². The molecule has 0 aliphatic heterocycles. The second-order valence-electron chi connectivity index (χ2n) is 4.13. The van der Waals surface area contributed by atoms with E-state index in [1.165, 1.54) is 0 Å². The van der Waals surface area contributed by atoms with Crippen LogP contribution in [0.15, 0.2) is 24.3 Å². The summed E-state index contributed by atoms with van der Waals surface area (Å²) in [6.45, 7) is 6.05. The fourth-order valence-electron chi connectivity index (χ4n) is 1.61. The first-order valence-electron chi connectivity index (χ1n) is 5.58. The van der Waals surface area contributed by atoms with Crippen LogP contribution >= 0.6 is 0 Å². The molecule has 0 aliphatic carbocycles. The minimum absolute atomic E-state index is 0.220. The maximum absolute atomic E-state index is 5.90. The van der Waals surface area contributed by atoms with E-state index in [0.717, 1.165) is 17.7 Å². The number of hydrogen-bond acceptors (Lipinski definition) is 3. The van der Waals surface area contributed by atoms with Gasteiger partial charge in [0.1, 0.15) is 0 Å². The van der Waals surface area contributed by atoms with E-state index in [1.807, 2.05) is 31.2 Å². The Morgan fingerprint density at radius 2 is 1.88 bits per heavy atom. The zero-order chi connectivity index (χ0) is 12.2. The average Bonchev–Trinajstić information content (AvgIpc) is 2.29. The van der Waals surface area contributed by atoms with Crippen molar-refractivity contribution in [2.75, 3.05) is 12.8 Å². The lowest BCUT2D eigenvalue weighted by atomic mass is 9.93. The van der Waals surface area contributed by atoms with E-state index in [-0.39, 0.29) is 11.9 Å². The maximum atomic E-state index is 5.90. The second kappa shape index (κ2) is 5.32. The number of anilines is 1. The topological polar surface area (TPSA) is 44.5 Å².